The molecule has 2 heteroatoms. The first-order chi connectivity index (χ1) is 7.74. The van der Waals surface area contributed by atoms with Gasteiger partial charge >= 0.3 is 0 Å². The fraction of sp³-hybridized carbons (Fsp3) is 0.429. The Morgan fingerprint density at radius 2 is 2.00 bits per heavy atom. The molecular formula is C14H18BrCl. The minimum Gasteiger partial charge on any atom is -0.117 e. The Morgan fingerprint density at radius 1 is 1.31 bits per heavy atom. The predicted octanol–water partition coefficient (Wildman–Crippen LogP) is 5.26. The minimum atomic E-state index is 0.0618. The zero-order chi connectivity index (χ0) is 11.8. The minimum absolute atomic E-state index is 0.0618. The van der Waals surface area contributed by atoms with Crippen molar-refractivity contribution in [2.75, 3.05) is 0 Å². The van der Waals surface area contributed by atoms with Gasteiger partial charge in [-0.3, -0.25) is 0 Å². The molecule has 0 aliphatic carbocycles. The second-order valence-corrected chi connectivity index (χ2v) is 5.55. The molecule has 16 heavy (non-hydrogen) atoms. The van der Waals surface area contributed by atoms with Crippen LogP contribution in [0.5, 0.6) is 0 Å². The smallest absolute Gasteiger partial charge is 0.0644 e. The molecule has 0 spiro atoms. The predicted molar refractivity (Wildman–Crippen MR) is 77.4 cm³/mol. The number of alkyl halides is 2. The van der Waals surface area contributed by atoms with Gasteiger partial charge in [0.05, 0.1) is 5.38 Å². The summed E-state index contributed by atoms with van der Waals surface area (Å²) in [5.41, 5.74) is 1.20. The number of rotatable bonds is 6. The third-order valence-electron chi connectivity index (χ3n) is 2.45. The van der Waals surface area contributed by atoms with E-state index in [9.17, 15) is 0 Å². The molecule has 0 fully saturated rings. The van der Waals surface area contributed by atoms with Crippen LogP contribution in [0.4, 0.5) is 0 Å². The van der Waals surface area contributed by atoms with Crippen molar-refractivity contribution in [1.29, 1.82) is 0 Å². The van der Waals surface area contributed by atoms with Crippen LogP contribution in [0.25, 0.3) is 6.08 Å². The standard InChI is InChI=1S/C14H18BrCl/c1-2-3-9-13(15)14(16)11-10-12-7-5-4-6-8-12/h4-8,10-11,13-14H,2-3,9H2,1H3. The van der Waals surface area contributed by atoms with Gasteiger partial charge in [0.15, 0.2) is 0 Å². The van der Waals surface area contributed by atoms with E-state index in [1.54, 1.807) is 0 Å². The molecule has 1 rings (SSSR count). The molecule has 0 radical (unpaired) electrons. The summed E-state index contributed by atoms with van der Waals surface area (Å²) in [6.45, 7) is 2.20. The van der Waals surface area contributed by atoms with Crippen molar-refractivity contribution < 1.29 is 0 Å². The average Bonchev–Trinajstić information content (AvgIpc) is 2.34. The van der Waals surface area contributed by atoms with E-state index >= 15 is 0 Å². The molecule has 0 nitrogen and oxygen atoms in total. The zero-order valence-electron chi connectivity index (χ0n) is 9.57. The van der Waals surface area contributed by atoms with Gasteiger partial charge in [-0.25, -0.2) is 0 Å². The molecule has 1 aromatic carbocycles. The van der Waals surface area contributed by atoms with E-state index in [1.807, 2.05) is 18.2 Å². The Labute approximate surface area is 112 Å². The van der Waals surface area contributed by atoms with Crippen molar-refractivity contribution in [1.82, 2.24) is 0 Å². The summed E-state index contributed by atoms with van der Waals surface area (Å²) in [7, 11) is 0. The summed E-state index contributed by atoms with van der Waals surface area (Å²) < 4.78 is 0. The van der Waals surface area contributed by atoms with Gasteiger partial charge in [-0.2, -0.15) is 0 Å². The van der Waals surface area contributed by atoms with Crippen LogP contribution < -0.4 is 0 Å². The molecule has 1 aromatic rings. The normalized spacial score (nSPS) is 15.2. The molecule has 0 aliphatic heterocycles. The lowest BCUT2D eigenvalue weighted by molar-refractivity contribution is 0.698. The first-order valence-corrected chi connectivity index (χ1v) is 7.10. The molecule has 0 bridgehead atoms. The van der Waals surface area contributed by atoms with Crippen LogP contribution >= 0.6 is 27.5 Å². The Morgan fingerprint density at radius 3 is 2.62 bits per heavy atom. The quantitative estimate of drug-likeness (QED) is 0.629. The molecule has 2 atom stereocenters. The van der Waals surface area contributed by atoms with Gasteiger partial charge < -0.3 is 0 Å². The maximum atomic E-state index is 6.28. The molecule has 0 amide bonds. The molecule has 0 saturated carbocycles. The number of halogens is 2. The Kier molecular flexibility index (Phi) is 6.82. The van der Waals surface area contributed by atoms with Crippen LogP contribution in [-0.4, -0.2) is 10.2 Å². The largest absolute Gasteiger partial charge is 0.117 e. The van der Waals surface area contributed by atoms with E-state index in [0.717, 1.165) is 6.42 Å². The van der Waals surface area contributed by atoms with Gasteiger partial charge in [-0.1, -0.05) is 78.2 Å². The molecule has 0 aromatic heterocycles. The topological polar surface area (TPSA) is 0 Å². The van der Waals surface area contributed by atoms with E-state index in [-0.39, 0.29) is 5.38 Å². The zero-order valence-corrected chi connectivity index (χ0v) is 11.9. The van der Waals surface area contributed by atoms with Crippen LogP contribution in [0, 0.1) is 0 Å². The molecule has 88 valence electrons. The Bertz CT molecular complexity index is 308. The summed E-state index contributed by atoms with van der Waals surface area (Å²) >= 11 is 9.92. The van der Waals surface area contributed by atoms with Gasteiger partial charge in [-0.15, -0.1) is 11.6 Å². The van der Waals surface area contributed by atoms with Crippen LogP contribution in [0.1, 0.15) is 31.7 Å². The van der Waals surface area contributed by atoms with E-state index in [0.29, 0.717) is 4.83 Å². The van der Waals surface area contributed by atoms with E-state index in [4.69, 9.17) is 11.6 Å². The summed E-state index contributed by atoms with van der Waals surface area (Å²) in [6.07, 6.45) is 7.71. The lowest BCUT2D eigenvalue weighted by Gasteiger charge is -2.11. The second-order valence-electron chi connectivity index (χ2n) is 3.87. The third kappa shape index (κ3) is 5.18. The fourth-order valence-electron chi connectivity index (χ4n) is 1.45. The number of hydrogen-bond donors (Lipinski definition) is 0. The number of allylic oxidation sites excluding steroid dienone is 1. The maximum Gasteiger partial charge on any atom is 0.0644 e. The second kappa shape index (κ2) is 7.92. The SMILES string of the molecule is CCCCC(Br)C(Cl)C=Cc1ccccc1. The van der Waals surface area contributed by atoms with Crippen molar-refractivity contribution in [2.24, 2.45) is 0 Å². The first-order valence-electron chi connectivity index (χ1n) is 5.75. The fourth-order valence-corrected chi connectivity index (χ4v) is 2.14. The lowest BCUT2D eigenvalue weighted by Crippen LogP contribution is -2.11. The van der Waals surface area contributed by atoms with Gasteiger partial charge in [0.25, 0.3) is 0 Å². The Balaban J connectivity index is 2.44. The maximum absolute atomic E-state index is 6.28. The third-order valence-corrected chi connectivity index (χ3v) is 4.23. The number of unbranched alkanes of at least 4 members (excludes halogenated alkanes) is 1. The first kappa shape index (κ1) is 13.8. The monoisotopic (exact) mass is 300 g/mol. The Hall–Kier alpha value is -0.270. The number of hydrogen-bond acceptors (Lipinski definition) is 0. The molecule has 0 saturated heterocycles. The van der Waals surface area contributed by atoms with Crippen LogP contribution in [-0.2, 0) is 0 Å². The van der Waals surface area contributed by atoms with Gasteiger partial charge in [0, 0.05) is 4.83 Å². The summed E-state index contributed by atoms with van der Waals surface area (Å²) in [6, 6.07) is 10.2. The van der Waals surface area contributed by atoms with Crippen LogP contribution in [0.15, 0.2) is 36.4 Å². The molecule has 2 unspecified atom stereocenters. The van der Waals surface area contributed by atoms with Crippen LogP contribution in [0.3, 0.4) is 0 Å². The highest BCUT2D eigenvalue weighted by atomic mass is 79.9. The molecule has 0 aliphatic rings. The van der Waals surface area contributed by atoms with Gasteiger partial charge in [0.2, 0.25) is 0 Å². The average molecular weight is 302 g/mol. The summed E-state index contributed by atoms with van der Waals surface area (Å²) in [5.74, 6) is 0. The highest BCUT2D eigenvalue weighted by Crippen LogP contribution is 2.20. The molecular weight excluding hydrogens is 284 g/mol. The van der Waals surface area contributed by atoms with E-state index in [1.165, 1.54) is 18.4 Å². The summed E-state index contributed by atoms with van der Waals surface area (Å²) in [5, 5.41) is 0.0618. The van der Waals surface area contributed by atoms with E-state index in [2.05, 4.69) is 47.1 Å². The molecule has 0 N–H and O–H groups in total. The highest BCUT2D eigenvalue weighted by Gasteiger charge is 2.11. The number of benzene rings is 1. The van der Waals surface area contributed by atoms with Crippen molar-refractivity contribution in [2.45, 2.75) is 36.4 Å². The van der Waals surface area contributed by atoms with Crippen molar-refractivity contribution in [3.63, 3.8) is 0 Å². The lowest BCUT2D eigenvalue weighted by atomic mass is 10.1. The molecule has 0 heterocycles. The van der Waals surface area contributed by atoms with Crippen LogP contribution in [0.2, 0.25) is 0 Å². The van der Waals surface area contributed by atoms with Crippen molar-refractivity contribution >= 4 is 33.6 Å². The van der Waals surface area contributed by atoms with E-state index < -0.39 is 0 Å². The highest BCUT2D eigenvalue weighted by molar-refractivity contribution is 9.09. The van der Waals surface area contributed by atoms with Gasteiger partial charge in [0.1, 0.15) is 0 Å². The van der Waals surface area contributed by atoms with Crippen molar-refractivity contribution in [3.8, 4) is 0 Å². The van der Waals surface area contributed by atoms with Gasteiger partial charge in [-0.05, 0) is 12.0 Å². The summed E-state index contributed by atoms with van der Waals surface area (Å²) in [4.78, 5) is 0.370. The van der Waals surface area contributed by atoms with Crippen molar-refractivity contribution in [3.05, 3.63) is 42.0 Å².